The van der Waals surface area contributed by atoms with Gasteiger partial charge in [0.25, 0.3) is 0 Å². The number of halogens is 1. The Morgan fingerprint density at radius 3 is 2.65 bits per heavy atom. The highest BCUT2D eigenvalue weighted by Gasteiger charge is 2.17. The minimum absolute atomic E-state index is 0.200. The molecule has 114 valence electrons. The van der Waals surface area contributed by atoms with E-state index < -0.39 is 0 Å². The Kier molecular flexibility index (Phi) is 6.93. The number of rotatable bonds is 8. The predicted octanol–water partition coefficient (Wildman–Crippen LogP) is 3.59. The van der Waals surface area contributed by atoms with Gasteiger partial charge in [0.2, 0.25) is 0 Å². The summed E-state index contributed by atoms with van der Waals surface area (Å²) in [6.07, 6.45) is 3.82. The van der Waals surface area contributed by atoms with Crippen molar-refractivity contribution in [3.63, 3.8) is 0 Å². The second-order valence-corrected chi connectivity index (χ2v) is 5.88. The molecule has 0 aliphatic heterocycles. The Balaban J connectivity index is 2.78. The van der Waals surface area contributed by atoms with Crippen LogP contribution in [0.5, 0.6) is 0 Å². The molecule has 0 fully saturated rings. The second kappa shape index (κ2) is 8.20. The summed E-state index contributed by atoms with van der Waals surface area (Å²) in [5, 5.41) is 3.28. The van der Waals surface area contributed by atoms with Gasteiger partial charge in [-0.05, 0) is 31.9 Å². The summed E-state index contributed by atoms with van der Waals surface area (Å²) in [6.45, 7) is 9.96. The average molecular weight is 281 g/mol. The molecule has 1 atom stereocenters. The molecule has 0 saturated heterocycles. The highest BCUT2D eigenvalue weighted by molar-refractivity contribution is 5.43. The van der Waals surface area contributed by atoms with Crippen molar-refractivity contribution in [2.24, 2.45) is 5.92 Å². The first-order valence-electron chi connectivity index (χ1n) is 7.54. The summed E-state index contributed by atoms with van der Waals surface area (Å²) in [4.78, 5) is 6.14. The first-order valence-corrected chi connectivity index (χ1v) is 7.54. The van der Waals surface area contributed by atoms with Crippen LogP contribution >= 0.6 is 0 Å². The molecule has 1 rings (SSSR count). The Bertz CT molecular complexity index is 407. The molecule has 1 aromatic heterocycles. The molecule has 0 spiro atoms. The Morgan fingerprint density at radius 2 is 2.05 bits per heavy atom. The van der Waals surface area contributed by atoms with Crippen LogP contribution in [-0.2, 0) is 6.54 Å². The third-order valence-electron chi connectivity index (χ3n) is 3.52. The van der Waals surface area contributed by atoms with E-state index in [1.165, 1.54) is 0 Å². The molecule has 0 amide bonds. The minimum atomic E-state index is -0.200. The summed E-state index contributed by atoms with van der Waals surface area (Å²) in [5.41, 5.74) is 0.686. The fourth-order valence-corrected chi connectivity index (χ4v) is 2.17. The maximum absolute atomic E-state index is 14.5. The van der Waals surface area contributed by atoms with Gasteiger partial charge in [-0.2, -0.15) is 0 Å². The number of nitrogens with one attached hydrogen (secondary N) is 1. The van der Waals surface area contributed by atoms with Crippen molar-refractivity contribution in [1.29, 1.82) is 0 Å². The van der Waals surface area contributed by atoms with Gasteiger partial charge in [0, 0.05) is 31.4 Å². The number of aromatic nitrogens is 1. The molecule has 3 nitrogen and oxygen atoms in total. The van der Waals surface area contributed by atoms with Gasteiger partial charge in [-0.25, -0.2) is 9.37 Å². The van der Waals surface area contributed by atoms with Crippen LogP contribution in [0.1, 0.15) is 46.1 Å². The number of pyridine rings is 1. The van der Waals surface area contributed by atoms with Crippen molar-refractivity contribution < 1.29 is 4.39 Å². The highest BCUT2D eigenvalue weighted by atomic mass is 19.1. The largest absolute Gasteiger partial charge is 0.355 e. The normalized spacial score (nSPS) is 12.8. The summed E-state index contributed by atoms with van der Waals surface area (Å²) in [6, 6.07) is 2.05. The molecule has 1 N–H and O–H groups in total. The number of nitrogens with zero attached hydrogens (tertiary/aromatic N) is 2. The molecule has 1 heterocycles. The first-order chi connectivity index (χ1) is 9.47. The number of anilines is 1. The molecule has 1 unspecified atom stereocenters. The maximum atomic E-state index is 14.5. The van der Waals surface area contributed by atoms with Crippen molar-refractivity contribution in [2.75, 3.05) is 18.5 Å². The quantitative estimate of drug-likeness (QED) is 0.789. The van der Waals surface area contributed by atoms with E-state index in [4.69, 9.17) is 0 Å². The molecule has 4 heteroatoms. The van der Waals surface area contributed by atoms with Crippen LogP contribution in [0.25, 0.3) is 0 Å². The van der Waals surface area contributed by atoms with Crippen LogP contribution in [-0.4, -0.2) is 24.6 Å². The van der Waals surface area contributed by atoms with Crippen molar-refractivity contribution in [3.8, 4) is 0 Å². The summed E-state index contributed by atoms with van der Waals surface area (Å²) < 4.78 is 14.5. The van der Waals surface area contributed by atoms with Crippen LogP contribution in [0, 0.1) is 11.7 Å². The van der Waals surface area contributed by atoms with Gasteiger partial charge >= 0.3 is 0 Å². The van der Waals surface area contributed by atoms with Crippen LogP contribution < -0.4 is 10.2 Å². The molecule has 20 heavy (non-hydrogen) atoms. The number of hydrogen-bond donors (Lipinski definition) is 1. The van der Waals surface area contributed by atoms with Crippen molar-refractivity contribution in [3.05, 3.63) is 23.6 Å². The van der Waals surface area contributed by atoms with Gasteiger partial charge in [0.05, 0.1) is 0 Å². The topological polar surface area (TPSA) is 28.2 Å². The number of hydrogen-bond acceptors (Lipinski definition) is 3. The molecule has 1 aromatic rings. The first kappa shape index (κ1) is 16.9. The smallest absolute Gasteiger partial charge is 0.170 e. The lowest BCUT2D eigenvalue weighted by atomic mass is 10.1. The minimum Gasteiger partial charge on any atom is -0.355 e. The van der Waals surface area contributed by atoms with Crippen molar-refractivity contribution in [1.82, 2.24) is 10.3 Å². The molecule has 0 saturated carbocycles. The lowest BCUT2D eigenvalue weighted by molar-refractivity contribution is 0.527. The standard InChI is InChI=1S/C16H28FN3/c1-6-7-13(4)20(5)16-15(17)14(8-9-19-16)11-18-10-12(2)3/h8-9,12-13,18H,6-7,10-11H2,1-5H3. The van der Waals surface area contributed by atoms with Crippen molar-refractivity contribution in [2.45, 2.75) is 53.1 Å². The summed E-state index contributed by atoms with van der Waals surface area (Å²) >= 11 is 0. The molecule has 0 aliphatic rings. The zero-order valence-electron chi connectivity index (χ0n) is 13.4. The lowest BCUT2D eigenvalue weighted by Crippen LogP contribution is -2.30. The summed E-state index contributed by atoms with van der Waals surface area (Å²) in [7, 11) is 1.91. The van der Waals surface area contributed by atoms with Crippen LogP contribution in [0.4, 0.5) is 10.2 Å². The molecule has 0 radical (unpaired) electrons. The average Bonchev–Trinajstić information content (AvgIpc) is 2.40. The summed E-state index contributed by atoms with van der Waals surface area (Å²) in [5.74, 6) is 0.815. The highest BCUT2D eigenvalue weighted by Crippen LogP contribution is 2.21. The van der Waals surface area contributed by atoms with Gasteiger partial charge < -0.3 is 10.2 Å². The van der Waals surface area contributed by atoms with Crippen molar-refractivity contribution >= 4 is 5.82 Å². The van der Waals surface area contributed by atoms with E-state index in [9.17, 15) is 4.39 Å². The molecular formula is C16H28FN3. The maximum Gasteiger partial charge on any atom is 0.170 e. The van der Waals surface area contributed by atoms with E-state index in [2.05, 4.69) is 38.0 Å². The van der Waals surface area contributed by atoms with Gasteiger partial charge in [0.15, 0.2) is 11.6 Å². The fraction of sp³-hybridized carbons (Fsp3) is 0.688. The second-order valence-electron chi connectivity index (χ2n) is 5.88. The predicted molar refractivity (Wildman–Crippen MR) is 83.5 cm³/mol. The van der Waals surface area contributed by atoms with E-state index >= 15 is 0 Å². The van der Waals surface area contributed by atoms with E-state index in [0.717, 1.165) is 19.4 Å². The van der Waals surface area contributed by atoms with E-state index in [1.54, 1.807) is 12.3 Å². The molecule has 0 bridgehead atoms. The van der Waals surface area contributed by atoms with Crippen LogP contribution in [0.3, 0.4) is 0 Å². The molecule has 0 aromatic carbocycles. The Labute approximate surface area is 122 Å². The zero-order chi connectivity index (χ0) is 15.1. The molecular weight excluding hydrogens is 253 g/mol. The van der Waals surface area contributed by atoms with E-state index in [-0.39, 0.29) is 5.82 Å². The van der Waals surface area contributed by atoms with Crippen LogP contribution in [0.2, 0.25) is 0 Å². The Morgan fingerprint density at radius 1 is 1.35 bits per heavy atom. The molecule has 0 aliphatic carbocycles. The lowest BCUT2D eigenvalue weighted by Gasteiger charge is -2.26. The monoisotopic (exact) mass is 281 g/mol. The van der Waals surface area contributed by atoms with E-state index in [0.29, 0.717) is 29.9 Å². The van der Waals surface area contributed by atoms with Crippen LogP contribution in [0.15, 0.2) is 12.3 Å². The fourth-order valence-electron chi connectivity index (χ4n) is 2.17. The van der Waals surface area contributed by atoms with Gasteiger partial charge in [-0.3, -0.25) is 0 Å². The third-order valence-corrected chi connectivity index (χ3v) is 3.52. The van der Waals surface area contributed by atoms with Gasteiger partial charge in [0.1, 0.15) is 0 Å². The Hall–Kier alpha value is -1.16. The zero-order valence-corrected chi connectivity index (χ0v) is 13.4. The SMILES string of the molecule is CCCC(C)N(C)c1nccc(CNCC(C)C)c1F. The van der Waals surface area contributed by atoms with Gasteiger partial charge in [-0.1, -0.05) is 27.2 Å². The third kappa shape index (κ3) is 4.75. The van der Waals surface area contributed by atoms with E-state index in [1.807, 2.05) is 11.9 Å². The van der Waals surface area contributed by atoms with Gasteiger partial charge in [-0.15, -0.1) is 0 Å².